The number of carbonyl (C=O) groups excluding carboxylic acids is 2. The highest BCUT2D eigenvalue weighted by Gasteiger charge is 2.35. The average molecular weight is 515 g/mol. The molecule has 2 aliphatic rings. The number of thioether (sulfide) groups is 1. The quantitative estimate of drug-likeness (QED) is 0.409. The van der Waals surface area contributed by atoms with Gasteiger partial charge in [0, 0.05) is 17.6 Å². The molecule has 2 aromatic rings. The average Bonchev–Trinajstić information content (AvgIpc) is 3.02. The van der Waals surface area contributed by atoms with Crippen LogP contribution in [0.4, 0.5) is 0 Å². The van der Waals surface area contributed by atoms with E-state index in [9.17, 15) is 9.59 Å². The van der Waals surface area contributed by atoms with Crippen molar-refractivity contribution in [1.29, 1.82) is 0 Å². The van der Waals surface area contributed by atoms with Crippen molar-refractivity contribution in [3.05, 3.63) is 75.1 Å². The predicted octanol–water partition coefficient (Wildman–Crippen LogP) is 5.13. The molecule has 0 bridgehead atoms. The Balaban J connectivity index is 1.32. The van der Waals surface area contributed by atoms with Crippen molar-refractivity contribution in [2.24, 2.45) is 5.92 Å². The van der Waals surface area contributed by atoms with Crippen molar-refractivity contribution < 1.29 is 9.59 Å². The zero-order valence-corrected chi connectivity index (χ0v) is 20.2. The van der Waals surface area contributed by atoms with Gasteiger partial charge in [-0.25, -0.2) is 0 Å². The molecule has 160 valence electrons. The Bertz CT molecular complexity index is 1020. The summed E-state index contributed by atoms with van der Waals surface area (Å²) in [5, 5.41) is 0. The summed E-state index contributed by atoms with van der Waals surface area (Å²) in [6.45, 7) is 1.49. The van der Waals surface area contributed by atoms with Crippen molar-refractivity contribution in [3.63, 3.8) is 0 Å². The van der Waals surface area contributed by atoms with Gasteiger partial charge in [-0.2, -0.15) is 0 Å². The monoisotopic (exact) mass is 514 g/mol. The van der Waals surface area contributed by atoms with E-state index in [0.717, 1.165) is 42.4 Å². The topological polar surface area (TPSA) is 40.6 Å². The molecule has 2 aliphatic heterocycles. The Labute approximate surface area is 200 Å². The van der Waals surface area contributed by atoms with Crippen LogP contribution in [0.3, 0.4) is 0 Å². The molecule has 0 unspecified atom stereocenters. The van der Waals surface area contributed by atoms with Gasteiger partial charge in [0.15, 0.2) is 0 Å². The third kappa shape index (κ3) is 5.64. The van der Waals surface area contributed by atoms with Gasteiger partial charge in [-0.05, 0) is 54.5 Å². The van der Waals surface area contributed by atoms with Crippen LogP contribution in [0.15, 0.2) is 64.0 Å². The Morgan fingerprint density at radius 3 is 2.58 bits per heavy atom. The first-order chi connectivity index (χ1) is 15.0. The minimum Gasteiger partial charge on any atom is -0.341 e. The van der Waals surface area contributed by atoms with Gasteiger partial charge in [0.25, 0.3) is 5.91 Å². The number of hydrogen-bond acceptors (Lipinski definition) is 4. The number of halogens is 1. The van der Waals surface area contributed by atoms with Crippen molar-refractivity contribution in [2.45, 2.75) is 19.3 Å². The number of nitrogens with zero attached hydrogens (tertiary/aromatic N) is 2. The number of rotatable bonds is 5. The molecule has 0 N–H and O–H groups in total. The van der Waals surface area contributed by atoms with E-state index in [1.165, 1.54) is 22.2 Å². The largest absolute Gasteiger partial charge is 0.341 e. The highest BCUT2D eigenvalue weighted by molar-refractivity contribution is 9.10. The van der Waals surface area contributed by atoms with E-state index < -0.39 is 0 Å². The molecule has 0 aliphatic carbocycles. The summed E-state index contributed by atoms with van der Waals surface area (Å²) in [6, 6.07) is 18.2. The lowest BCUT2D eigenvalue weighted by Crippen LogP contribution is -2.45. The number of amides is 2. The van der Waals surface area contributed by atoms with Crippen LogP contribution in [0.5, 0.6) is 0 Å². The van der Waals surface area contributed by atoms with E-state index in [-0.39, 0.29) is 18.4 Å². The fraction of sp³-hybridized carbons (Fsp3) is 0.292. The molecule has 2 heterocycles. The van der Waals surface area contributed by atoms with E-state index in [2.05, 4.69) is 40.2 Å². The summed E-state index contributed by atoms with van der Waals surface area (Å²) in [5.74, 6) is 0.372. The predicted molar refractivity (Wildman–Crippen MR) is 133 cm³/mol. The maximum absolute atomic E-state index is 12.9. The summed E-state index contributed by atoms with van der Waals surface area (Å²) in [7, 11) is 0. The maximum atomic E-state index is 12.9. The van der Waals surface area contributed by atoms with Gasteiger partial charge in [-0.1, -0.05) is 82.4 Å². The number of likely N-dealkylation sites (tertiary alicyclic amines) is 1. The van der Waals surface area contributed by atoms with E-state index in [4.69, 9.17) is 12.2 Å². The molecule has 4 nitrogen and oxygen atoms in total. The van der Waals surface area contributed by atoms with Crippen LogP contribution >= 0.6 is 39.9 Å². The third-order valence-electron chi connectivity index (χ3n) is 5.65. The van der Waals surface area contributed by atoms with Gasteiger partial charge in [-0.3, -0.25) is 14.5 Å². The molecule has 4 rings (SSSR count). The standard InChI is InChI=1S/C24H23BrN2O2S2/c25-20-8-4-7-19(14-20)15-21-23(29)27(24(30)31-21)16-22(28)26-11-9-18(10-12-26)13-17-5-2-1-3-6-17/h1-8,14-15,18H,9-13,16H2/b21-15-. The van der Waals surface area contributed by atoms with Crippen molar-refractivity contribution in [1.82, 2.24) is 9.80 Å². The van der Waals surface area contributed by atoms with Crippen LogP contribution in [-0.4, -0.2) is 45.6 Å². The molecule has 2 aromatic carbocycles. The minimum atomic E-state index is -0.192. The number of benzene rings is 2. The van der Waals surface area contributed by atoms with Crippen LogP contribution in [0, 0.1) is 5.92 Å². The van der Waals surface area contributed by atoms with Crippen molar-refractivity contribution >= 4 is 62.1 Å². The summed E-state index contributed by atoms with van der Waals surface area (Å²) in [4.78, 5) is 29.6. The zero-order valence-electron chi connectivity index (χ0n) is 17.0. The lowest BCUT2D eigenvalue weighted by Gasteiger charge is -2.33. The molecule has 0 saturated carbocycles. The fourth-order valence-electron chi connectivity index (χ4n) is 3.95. The lowest BCUT2D eigenvalue weighted by atomic mass is 9.90. The molecule has 2 amide bonds. The second-order valence-corrected chi connectivity index (χ2v) is 10.4. The molecule has 0 atom stereocenters. The molecule has 0 aromatic heterocycles. The van der Waals surface area contributed by atoms with Crippen molar-refractivity contribution in [3.8, 4) is 0 Å². The van der Waals surface area contributed by atoms with Crippen LogP contribution < -0.4 is 0 Å². The molecule has 2 fully saturated rings. The van der Waals surface area contributed by atoms with E-state index in [1.807, 2.05) is 41.3 Å². The first kappa shape index (κ1) is 22.2. The maximum Gasteiger partial charge on any atom is 0.266 e. The molecular weight excluding hydrogens is 492 g/mol. The summed E-state index contributed by atoms with van der Waals surface area (Å²) in [6.07, 6.45) is 4.85. The van der Waals surface area contributed by atoms with Crippen LogP contribution in [0.2, 0.25) is 0 Å². The smallest absolute Gasteiger partial charge is 0.266 e. The minimum absolute atomic E-state index is 0.0177. The Morgan fingerprint density at radius 2 is 1.87 bits per heavy atom. The summed E-state index contributed by atoms with van der Waals surface area (Å²) >= 11 is 10.1. The first-order valence-corrected chi connectivity index (χ1v) is 12.3. The number of piperidine rings is 1. The Morgan fingerprint density at radius 1 is 1.13 bits per heavy atom. The SMILES string of the molecule is O=C(CN1C(=O)/C(=C/c2cccc(Br)c2)SC1=S)N1CCC(Cc2ccccc2)CC1. The molecule has 7 heteroatoms. The summed E-state index contributed by atoms with van der Waals surface area (Å²) in [5.41, 5.74) is 2.27. The fourth-order valence-corrected chi connectivity index (χ4v) is 5.63. The van der Waals surface area contributed by atoms with Crippen molar-refractivity contribution in [2.75, 3.05) is 19.6 Å². The number of carbonyl (C=O) groups is 2. The zero-order chi connectivity index (χ0) is 21.8. The van der Waals surface area contributed by atoms with Crippen LogP contribution in [-0.2, 0) is 16.0 Å². The number of hydrogen-bond donors (Lipinski definition) is 0. The second kappa shape index (κ2) is 10.1. The van der Waals surface area contributed by atoms with E-state index in [1.54, 1.807) is 0 Å². The normalized spacial score (nSPS) is 18.8. The van der Waals surface area contributed by atoms with Gasteiger partial charge < -0.3 is 4.90 Å². The number of thiocarbonyl (C=S) groups is 1. The highest BCUT2D eigenvalue weighted by Crippen LogP contribution is 2.33. The Kier molecular flexibility index (Phi) is 7.25. The van der Waals surface area contributed by atoms with Gasteiger partial charge in [-0.15, -0.1) is 0 Å². The van der Waals surface area contributed by atoms with Gasteiger partial charge in [0.05, 0.1) is 4.91 Å². The highest BCUT2D eigenvalue weighted by atomic mass is 79.9. The summed E-state index contributed by atoms with van der Waals surface area (Å²) < 4.78 is 1.39. The van der Waals surface area contributed by atoms with E-state index >= 15 is 0 Å². The lowest BCUT2D eigenvalue weighted by molar-refractivity contribution is -0.136. The molecule has 0 spiro atoms. The van der Waals surface area contributed by atoms with Crippen LogP contribution in [0.1, 0.15) is 24.0 Å². The van der Waals surface area contributed by atoms with Gasteiger partial charge >= 0.3 is 0 Å². The van der Waals surface area contributed by atoms with Crippen LogP contribution in [0.25, 0.3) is 6.08 Å². The third-order valence-corrected chi connectivity index (χ3v) is 7.52. The molecule has 2 saturated heterocycles. The second-order valence-electron chi connectivity index (χ2n) is 7.84. The molecular formula is C24H23BrN2O2S2. The van der Waals surface area contributed by atoms with E-state index in [0.29, 0.717) is 15.1 Å². The molecule has 31 heavy (non-hydrogen) atoms. The first-order valence-electron chi connectivity index (χ1n) is 10.3. The Hall–Kier alpha value is -1.96. The van der Waals surface area contributed by atoms with Gasteiger partial charge in [0.2, 0.25) is 5.91 Å². The van der Waals surface area contributed by atoms with Gasteiger partial charge in [0.1, 0.15) is 10.9 Å². The molecule has 0 radical (unpaired) electrons.